The van der Waals surface area contributed by atoms with Crippen LogP contribution in [0.2, 0.25) is 0 Å². The summed E-state index contributed by atoms with van der Waals surface area (Å²) in [5.41, 5.74) is 4.19. The Hall–Kier alpha value is -2.59. The molecule has 1 aliphatic heterocycles. The Morgan fingerprint density at radius 3 is 2.96 bits per heavy atom. The molecule has 0 bridgehead atoms. The number of halogens is 1. The first-order chi connectivity index (χ1) is 13.6. The van der Waals surface area contributed by atoms with Gasteiger partial charge in [-0.25, -0.2) is 4.39 Å². The number of fused-ring (bicyclic) bond motifs is 4. The average molecular weight is 376 g/mol. The van der Waals surface area contributed by atoms with Gasteiger partial charge in [0.2, 0.25) is 0 Å². The van der Waals surface area contributed by atoms with Crippen LogP contribution in [0.3, 0.4) is 0 Å². The smallest absolute Gasteiger partial charge is 0.147 e. The first-order valence-electron chi connectivity index (χ1n) is 10.0. The summed E-state index contributed by atoms with van der Waals surface area (Å²) in [6.45, 7) is 6.78. The summed E-state index contributed by atoms with van der Waals surface area (Å²) >= 11 is 0. The minimum Gasteiger partial charge on any atom is -0.508 e. The molecule has 2 aliphatic rings. The van der Waals surface area contributed by atoms with Gasteiger partial charge in [0.25, 0.3) is 0 Å². The molecule has 2 unspecified atom stereocenters. The Balaban J connectivity index is 1.65. The van der Waals surface area contributed by atoms with Crippen LogP contribution in [0.25, 0.3) is 10.9 Å². The number of aromatic hydroxyl groups is 1. The van der Waals surface area contributed by atoms with Gasteiger partial charge in [0.05, 0.1) is 5.52 Å². The van der Waals surface area contributed by atoms with E-state index in [0.29, 0.717) is 17.2 Å². The fourth-order valence-electron chi connectivity index (χ4n) is 5.52. The number of nitrogens with one attached hydrogen (secondary N) is 1. The van der Waals surface area contributed by atoms with Gasteiger partial charge in [-0.1, -0.05) is 30.3 Å². The molecule has 28 heavy (non-hydrogen) atoms. The third kappa shape index (κ3) is 2.59. The quantitative estimate of drug-likeness (QED) is 0.658. The zero-order chi connectivity index (χ0) is 19.3. The van der Waals surface area contributed by atoms with E-state index in [4.69, 9.17) is 0 Å². The number of hydrogen-bond donors (Lipinski definition) is 2. The first-order valence-corrected chi connectivity index (χ1v) is 10.0. The number of phenols is 1. The highest BCUT2D eigenvalue weighted by molar-refractivity contribution is 5.85. The molecular weight excluding hydrogens is 351 g/mol. The van der Waals surface area contributed by atoms with Crippen LogP contribution in [0, 0.1) is 11.7 Å². The number of para-hydroxylation sites is 1. The molecule has 3 nitrogen and oxygen atoms in total. The summed E-state index contributed by atoms with van der Waals surface area (Å²) in [5, 5.41) is 11.1. The molecule has 1 aliphatic carbocycles. The van der Waals surface area contributed by atoms with Crippen LogP contribution in [-0.4, -0.2) is 34.6 Å². The highest BCUT2D eigenvalue weighted by Gasteiger charge is 2.48. The molecule has 2 atom stereocenters. The van der Waals surface area contributed by atoms with Crippen molar-refractivity contribution >= 4 is 10.9 Å². The number of H-pyrrole nitrogens is 1. The minimum atomic E-state index is -0.186. The summed E-state index contributed by atoms with van der Waals surface area (Å²) < 4.78 is 14.4. The molecule has 2 N–H and O–H groups in total. The largest absolute Gasteiger partial charge is 0.508 e. The molecule has 2 aromatic carbocycles. The standard InChI is InChI=1S/C24H25FN2O/c1-2-10-27-11-9-24(16-5-3-6-18(28)12-16)14-22-20(13-17(24)15-27)19-7-4-8-21(25)23(19)26-22/h2-8,12,17,26,28H,1,9-11,13-15H2. The molecule has 144 valence electrons. The third-order valence-corrected chi connectivity index (χ3v) is 6.86. The third-order valence-electron chi connectivity index (χ3n) is 6.86. The number of aromatic nitrogens is 1. The fraction of sp³-hybridized carbons (Fsp3) is 0.333. The zero-order valence-corrected chi connectivity index (χ0v) is 15.9. The molecule has 1 aromatic heterocycles. The van der Waals surface area contributed by atoms with Crippen molar-refractivity contribution in [1.29, 1.82) is 0 Å². The average Bonchev–Trinajstić information content (AvgIpc) is 3.05. The molecule has 0 radical (unpaired) electrons. The maximum Gasteiger partial charge on any atom is 0.147 e. The Morgan fingerprint density at radius 1 is 1.29 bits per heavy atom. The van der Waals surface area contributed by atoms with Gasteiger partial charge in [-0.2, -0.15) is 0 Å². The normalized spacial score (nSPS) is 24.7. The predicted molar refractivity (Wildman–Crippen MR) is 110 cm³/mol. The van der Waals surface area contributed by atoms with Crippen molar-refractivity contribution in [2.24, 2.45) is 5.92 Å². The molecule has 5 rings (SSSR count). The van der Waals surface area contributed by atoms with Crippen LogP contribution in [0.1, 0.15) is 23.2 Å². The molecule has 0 saturated carbocycles. The number of rotatable bonds is 3. The van der Waals surface area contributed by atoms with Gasteiger partial charge in [0.15, 0.2) is 0 Å². The van der Waals surface area contributed by atoms with Gasteiger partial charge in [-0.05, 0) is 61.1 Å². The monoisotopic (exact) mass is 376 g/mol. The highest BCUT2D eigenvalue weighted by atomic mass is 19.1. The second kappa shape index (κ2) is 6.49. The summed E-state index contributed by atoms with van der Waals surface area (Å²) in [6, 6.07) is 13.1. The van der Waals surface area contributed by atoms with Gasteiger partial charge >= 0.3 is 0 Å². The molecule has 1 saturated heterocycles. The van der Waals surface area contributed by atoms with Gasteiger partial charge in [0.1, 0.15) is 11.6 Å². The lowest BCUT2D eigenvalue weighted by molar-refractivity contribution is 0.0896. The van der Waals surface area contributed by atoms with Gasteiger partial charge in [0, 0.05) is 29.6 Å². The van der Waals surface area contributed by atoms with Crippen molar-refractivity contribution in [3.8, 4) is 5.75 Å². The van der Waals surface area contributed by atoms with Crippen molar-refractivity contribution in [1.82, 2.24) is 9.88 Å². The van der Waals surface area contributed by atoms with Gasteiger partial charge in [-0.3, -0.25) is 4.90 Å². The zero-order valence-electron chi connectivity index (χ0n) is 15.9. The minimum absolute atomic E-state index is 0.0409. The van der Waals surface area contributed by atoms with E-state index in [1.54, 1.807) is 12.1 Å². The Bertz CT molecular complexity index is 1060. The molecular formula is C24H25FN2O. The van der Waals surface area contributed by atoms with Gasteiger partial charge < -0.3 is 10.1 Å². The number of nitrogens with zero attached hydrogens (tertiary/aromatic N) is 1. The summed E-state index contributed by atoms with van der Waals surface area (Å²) in [4.78, 5) is 5.85. The Kier molecular flexibility index (Phi) is 4.06. The van der Waals surface area contributed by atoms with Crippen LogP contribution in [0.5, 0.6) is 5.75 Å². The first kappa shape index (κ1) is 17.5. The predicted octanol–water partition coefficient (Wildman–Crippen LogP) is 4.56. The van der Waals surface area contributed by atoms with E-state index in [9.17, 15) is 9.50 Å². The summed E-state index contributed by atoms with van der Waals surface area (Å²) in [5.74, 6) is 0.542. The van der Waals surface area contributed by atoms with Crippen LogP contribution in [0.4, 0.5) is 4.39 Å². The highest BCUT2D eigenvalue weighted by Crippen LogP contribution is 2.49. The van der Waals surface area contributed by atoms with E-state index < -0.39 is 0 Å². The Labute approximate surface area is 164 Å². The second-order valence-corrected chi connectivity index (χ2v) is 8.33. The molecule has 2 heterocycles. The van der Waals surface area contributed by atoms with Crippen molar-refractivity contribution in [3.63, 3.8) is 0 Å². The molecule has 4 heteroatoms. The lowest BCUT2D eigenvalue weighted by Crippen LogP contribution is -2.53. The maximum atomic E-state index is 14.4. The van der Waals surface area contributed by atoms with Crippen molar-refractivity contribution < 1.29 is 9.50 Å². The number of phenolic OH excluding ortho intramolecular Hbond substituents is 1. The van der Waals surface area contributed by atoms with Crippen molar-refractivity contribution in [2.75, 3.05) is 19.6 Å². The van der Waals surface area contributed by atoms with E-state index in [1.807, 2.05) is 24.3 Å². The van der Waals surface area contributed by atoms with Crippen LogP contribution < -0.4 is 0 Å². The number of benzene rings is 2. The van der Waals surface area contributed by atoms with E-state index in [1.165, 1.54) is 17.2 Å². The summed E-state index contributed by atoms with van der Waals surface area (Å²) in [6.07, 6.45) is 4.76. The summed E-state index contributed by atoms with van der Waals surface area (Å²) in [7, 11) is 0. The van der Waals surface area contributed by atoms with Crippen LogP contribution >= 0.6 is 0 Å². The topological polar surface area (TPSA) is 39.3 Å². The van der Waals surface area contributed by atoms with Gasteiger partial charge in [-0.15, -0.1) is 6.58 Å². The van der Waals surface area contributed by atoms with E-state index >= 15 is 0 Å². The molecule has 0 amide bonds. The van der Waals surface area contributed by atoms with E-state index in [0.717, 1.165) is 50.0 Å². The van der Waals surface area contributed by atoms with Crippen molar-refractivity contribution in [2.45, 2.75) is 24.7 Å². The maximum absolute atomic E-state index is 14.4. The number of piperidine rings is 1. The van der Waals surface area contributed by atoms with Crippen LogP contribution in [0.15, 0.2) is 55.1 Å². The Morgan fingerprint density at radius 2 is 2.14 bits per heavy atom. The van der Waals surface area contributed by atoms with Crippen molar-refractivity contribution in [3.05, 3.63) is 77.8 Å². The van der Waals surface area contributed by atoms with E-state index in [2.05, 4.69) is 22.5 Å². The van der Waals surface area contributed by atoms with Crippen LogP contribution in [-0.2, 0) is 18.3 Å². The van der Waals surface area contributed by atoms with E-state index in [-0.39, 0.29) is 11.2 Å². The number of hydrogen-bond acceptors (Lipinski definition) is 2. The lowest BCUT2D eigenvalue weighted by atomic mass is 9.58. The SMILES string of the molecule is C=CCN1CCC2(c3cccc(O)c3)Cc3[nH]c4c(F)cccc4c3CC2C1. The second-order valence-electron chi connectivity index (χ2n) is 8.33. The molecule has 1 fully saturated rings. The fourth-order valence-corrected chi connectivity index (χ4v) is 5.52. The number of likely N-dealkylation sites (tertiary alicyclic amines) is 1. The molecule has 0 spiro atoms. The number of aromatic amines is 1. The molecule has 3 aromatic rings. The lowest BCUT2D eigenvalue weighted by Gasteiger charge is -2.51.